The third-order valence-electron chi connectivity index (χ3n) is 4.39. The molecule has 0 saturated carbocycles. The standard InChI is InChI=1S/C16H21N3O2S2/c1-11-6-7-15(9-12(11)2)23(20,21)19-8-4-5-14(10-19)16-18-17-13(3)22-16/h6-7,9,14H,4-5,8,10H2,1-3H3/t14-/m1/s1. The number of benzene rings is 1. The Morgan fingerprint density at radius 2 is 1.96 bits per heavy atom. The summed E-state index contributed by atoms with van der Waals surface area (Å²) in [5.41, 5.74) is 2.10. The summed E-state index contributed by atoms with van der Waals surface area (Å²) in [6.07, 6.45) is 1.82. The van der Waals surface area contributed by atoms with E-state index in [0.29, 0.717) is 18.0 Å². The predicted octanol–water partition coefficient (Wildman–Crippen LogP) is 3.03. The fraction of sp³-hybridized carbons (Fsp3) is 0.500. The number of aromatic nitrogens is 2. The van der Waals surface area contributed by atoms with E-state index in [9.17, 15) is 8.42 Å². The number of sulfonamides is 1. The minimum Gasteiger partial charge on any atom is -0.207 e. The van der Waals surface area contributed by atoms with Crippen molar-refractivity contribution in [3.8, 4) is 0 Å². The Balaban J connectivity index is 1.86. The highest BCUT2D eigenvalue weighted by atomic mass is 32.2. The van der Waals surface area contributed by atoms with Crippen molar-refractivity contribution in [1.82, 2.24) is 14.5 Å². The summed E-state index contributed by atoms with van der Waals surface area (Å²) in [5, 5.41) is 10.1. The van der Waals surface area contributed by atoms with E-state index < -0.39 is 10.0 Å². The molecule has 0 radical (unpaired) electrons. The van der Waals surface area contributed by atoms with Gasteiger partial charge in [-0.2, -0.15) is 4.31 Å². The zero-order chi connectivity index (χ0) is 16.6. The molecule has 2 heterocycles. The van der Waals surface area contributed by atoms with Gasteiger partial charge >= 0.3 is 0 Å². The molecule has 1 aliphatic heterocycles. The molecular formula is C16H21N3O2S2. The first-order chi connectivity index (χ1) is 10.9. The predicted molar refractivity (Wildman–Crippen MR) is 91.3 cm³/mol. The SMILES string of the molecule is Cc1nnc([C@@H]2CCCN(S(=O)(=O)c3ccc(C)c(C)c3)C2)s1. The van der Waals surface area contributed by atoms with Gasteiger partial charge in [0.15, 0.2) is 0 Å². The molecule has 0 bridgehead atoms. The van der Waals surface area contributed by atoms with E-state index in [2.05, 4.69) is 10.2 Å². The Morgan fingerprint density at radius 3 is 2.61 bits per heavy atom. The van der Waals surface area contributed by atoms with Gasteiger partial charge in [-0.15, -0.1) is 21.5 Å². The van der Waals surface area contributed by atoms with Crippen LogP contribution in [-0.2, 0) is 10.0 Å². The second kappa shape index (κ2) is 6.30. The van der Waals surface area contributed by atoms with Crippen LogP contribution in [0.1, 0.15) is 39.9 Å². The van der Waals surface area contributed by atoms with Crippen LogP contribution in [0.3, 0.4) is 0 Å². The van der Waals surface area contributed by atoms with Gasteiger partial charge in [0.25, 0.3) is 0 Å². The van der Waals surface area contributed by atoms with Crippen molar-refractivity contribution in [3.63, 3.8) is 0 Å². The number of hydrogen-bond donors (Lipinski definition) is 0. The first-order valence-electron chi connectivity index (χ1n) is 7.75. The summed E-state index contributed by atoms with van der Waals surface area (Å²) in [4.78, 5) is 0.384. The lowest BCUT2D eigenvalue weighted by molar-refractivity contribution is 0.314. The fourth-order valence-electron chi connectivity index (χ4n) is 2.86. The second-order valence-corrected chi connectivity index (χ2v) is 9.26. The molecule has 23 heavy (non-hydrogen) atoms. The van der Waals surface area contributed by atoms with E-state index in [-0.39, 0.29) is 5.92 Å². The van der Waals surface area contributed by atoms with Gasteiger partial charge in [-0.05, 0) is 56.9 Å². The molecule has 1 atom stereocenters. The van der Waals surface area contributed by atoms with Crippen LogP contribution in [0.4, 0.5) is 0 Å². The van der Waals surface area contributed by atoms with Crippen molar-refractivity contribution < 1.29 is 8.42 Å². The Hall–Kier alpha value is -1.31. The molecule has 1 aromatic heterocycles. The molecule has 0 amide bonds. The van der Waals surface area contributed by atoms with Crippen LogP contribution >= 0.6 is 11.3 Å². The van der Waals surface area contributed by atoms with Gasteiger partial charge in [0, 0.05) is 19.0 Å². The lowest BCUT2D eigenvalue weighted by Gasteiger charge is -2.30. The van der Waals surface area contributed by atoms with Crippen LogP contribution in [0, 0.1) is 20.8 Å². The first kappa shape index (κ1) is 16.5. The number of piperidine rings is 1. The molecule has 0 spiro atoms. The smallest absolute Gasteiger partial charge is 0.207 e. The lowest BCUT2D eigenvalue weighted by atomic mass is 10.0. The van der Waals surface area contributed by atoms with Crippen LogP contribution in [-0.4, -0.2) is 36.0 Å². The highest BCUT2D eigenvalue weighted by Crippen LogP contribution is 2.32. The molecule has 0 aliphatic carbocycles. The molecule has 3 rings (SSSR count). The Morgan fingerprint density at radius 1 is 1.17 bits per heavy atom. The quantitative estimate of drug-likeness (QED) is 0.853. The number of rotatable bonds is 3. The van der Waals surface area contributed by atoms with Gasteiger partial charge < -0.3 is 0 Å². The highest BCUT2D eigenvalue weighted by molar-refractivity contribution is 7.89. The minimum atomic E-state index is -3.45. The average molecular weight is 351 g/mol. The van der Waals surface area contributed by atoms with Crippen molar-refractivity contribution >= 4 is 21.4 Å². The van der Waals surface area contributed by atoms with Crippen LogP contribution < -0.4 is 0 Å². The molecule has 1 saturated heterocycles. The normalized spacial score (nSPS) is 19.9. The molecule has 2 aromatic rings. The van der Waals surface area contributed by atoms with Gasteiger partial charge in [-0.1, -0.05) is 6.07 Å². The maximum atomic E-state index is 12.9. The summed E-state index contributed by atoms with van der Waals surface area (Å²) >= 11 is 1.56. The first-order valence-corrected chi connectivity index (χ1v) is 10.0. The van der Waals surface area contributed by atoms with Crippen molar-refractivity contribution in [2.75, 3.05) is 13.1 Å². The topological polar surface area (TPSA) is 63.2 Å². The number of nitrogens with zero attached hydrogens (tertiary/aromatic N) is 3. The summed E-state index contributed by atoms with van der Waals surface area (Å²) in [7, 11) is -3.45. The third kappa shape index (κ3) is 3.32. The summed E-state index contributed by atoms with van der Waals surface area (Å²) in [6.45, 7) is 6.92. The molecule has 0 unspecified atom stereocenters. The monoisotopic (exact) mass is 351 g/mol. The van der Waals surface area contributed by atoms with E-state index in [0.717, 1.165) is 34.0 Å². The third-order valence-corrected chi connectivity index (χ3v) is 7.25. The van der Waals surface area contributed by atoms with Crippen molar-refractivity contribution in [2.45, 2.75) is 44.4 Å². The lowest BCUT2D eigenvalue weighted by Crippen LogP contribution is -2.39. The Labute approximate surface area is 141 Å². The van der Waals surface area contributed by atoms with Gasteiger partial charge in [0.1, 0.15) is 10.0 Å². The Kier molecular flexibility index (Phi) is 4.53. The summed E-state index contributed by atoms with van der Waals surface area (Å²) in [5.74, 6) is 0.149. The van der Waals surface area contributed by atoms with Gasteiger partial charge in [-0.25, -0.2) is 8.42 Å². The van der Waals surface area contributed by atoms with Crippen LogP contribution in [0.2, 0.25) is 0 Å². The highest BCUT2D eigenvalue weighted by Gasteiger charge is 2.32. The van der Waals surface area contributed by atoms with E-state index in [1.54, 1.807) is 27.8 Å². The van der Waals surface area contributed by atoms with E-state index in [1.807, 2.05) is 26.8 Å². The molecular weight excluding hydrogens is 330 g/mol. The van der Waals surface area contributed by atoms with Crippen molar-refractivity contribution in [3.05, 3.63) is 39.3 Å². The van der Waals surface area contributed by atoms with Crippen LogP contribution in [0.15, 0.2) is 23.1 Å². The van der Waals surface area contributed by atoms with Crippen molar-refractivity contribution in [1.29, 1.82) is 0 Å². The van der Waals surface area contributed by atoms with Crippen molar-refractivity contribution in [2.24, 2.45) is 0 Å². The molecule has 5 nitrogen and oxygen atoms in total. The van der Waals surface area contributed by atoms with E-state index in [1.165, 1.54) is 0 Å². The van der Waals surface area contributed by atoms with Crippen LogP contribution in [0.25, 0.3) is 0 Å². The van der Waals surface area contributed by atoms with Gasteiger partial charge in [-0.3, -0.25) is 0 Å². The maximum Gasteiger partial charge on any atom is 0.243 e. The largest absolute Gasteiger partial charge is 0.243 e. The van der Waals surface area contributed by atoms with Crippen LogP contribution in [0.5, 0.6) is 0 Å². The summed E-state index contributed by atoms with van der Waals surface area (Å²) < 4.78 is 27.5. The molecule has 7 heteroatoms. The second-order valence-electron chi connectivity index (χ2n) is 6.11. The zero-order valence-electron chi connectivity index (χ0n) is 13.6. The minimum absolute atomic E-state index is 0.149. The molecule has 1 aliphatic rings. The number of hydrogen-bond acceptors (Lipinski definition) is 5. The van der Waals surface area contributed by atoms with Gasteiger partial charge in [0.2, 0.25) is 10.0 Å². The number of aryl methyl sites for hydroxylation is 3. The average Bonchev–Trinajstić information content (AvgIpc) is 2.96. The molecule has 0 N–H and O–H groups in total. The van der Waals surface area contributed by atoms with E-state index >= 15 is 0 Å². The Bertz CT molecular complexity index is 814. The molecule has 124 valence electrons. The fourth-order valence-corrected chi connectivity index (χ4v) is 5.30. The van der Waals surface area contributed by atoms with E-state index in [4.69, 9.17) is 0 Å². The maximum absolute atomic E-state index is 12.9. The molecule has 1 aromatic carbocycles. The summed E-state index contributed by atoms with van der Waals surface area (Å²) in [6, 6.07) is 5.34. The zero-order valence-corrected chi connectivity index (χ0v) is 15.2. The van der Waals surface area contributed by atoms with Gasteiger partial charge in [0.05, 0.1) is 4.90 Å². The molecule has 1 fully saturated rings.